The van der Waals surface area contributed by atoms with E-state index in [9.17, 15) is 18.0 Å². The van der Waals surface area contributed by atoms with E-state index in [1.54, 1.807) is 69.3 Å². The highest BCUT2D eigenvalue weighted by Crippen LogP contribution is 2.28. The minimum Gasteiger partial charge on any atom is -0.355 e. The Hall–Kier alpha value is -3.07. The molecule has 3 rings (SSSR count). The molecular weight excluding hydrogens is 533 g/mol. The molecule has 37 heavy (non-hydrogen) atoms. The molecule has 0 radical (unpaired) electrons. The van der Waals surface area contributed by atoms with Crippen LogP contribution in [0.3, 0.4) is 0 Å². The number of sulfonamides is 1. The van der Waals surface area contributed by atoms with Crippen LogP contribution < -0.4 is 9.62 Å². The summed E-state index contributed by atoms with van der Waals surface area (Å²) in [6.45, 7) is 5.04. The van der Waals surface area contributed by atoms with E-state index in [1.807, 2.05) is 0 Å². The molecule has 0 bridgehead atoms. The van der Waals surface area contributed by atoms with Crippen molar-refractivity contribution in [3.05, 3.63) is 94.0 Å². The molecule has 3 aromatic rings. The second kappa shape index (κ2) is 12.4. The van der Waals surface area contributed by atoms with Gasteiger partial charge in [0.1, 0.15) is 12.6 Å². The molecule has 1 unspecified atom stereocenters. The average Bonchev–Trinajstić information content (AvgIpc) is 2.87. The molecule has 196 valence electrons. The Morgan fingerprint density at radius 3 is 2.19 bits per heavy atom. The largest absolute Gasteiger partial charge is 0.355 e. The summed E-state index contributed by atoms with van der Waals surface area (Å²) in [5, 5.41) is 3.55. The van der Waals surface area contributed by atoms with Crippen LogP contribution in [0.25, 0.3) is 0 Å². The van der Waals surface area contributed by atoms with E-state index in [-0.39, 0.29) is 17.3 Å². The predicted octanol–water partition coefficient (Wildman–Crippen LogP) is 5.05. The number of hydrogen-bond acceptors (Lipinski definition) is 4. The van der Waals surface area contributed by atoms with Crippen molar-refractivity contribution in [2.75, 3.05) is 17.4 Å². The number of nitrogens with zero attached hydrogens (tertiary/aromatic N) is 2. The molecule has 0 aromatic heterocycles. The number of nitrogens with one attached hydrogen (secondary N) is 1. The second-order valence-electron chi connectivity index (χ2n) is 8.44. The zero-order valence-electron chi connectivity index (χ0n) is 20.8. The summed E-state index contributed by atoms with van der Waals surface area (Å²) in [6, 6.07) is 18.8. The molecule has 1 N–H and O–H groups in total. The molecule has 0 fully saturated rings. The van der Waals surface area contributed by atoms with Crippen molar-refractivity contribution in [3.63, 3.8) is 0 Å². The summed E-state index contributed by atoms with van der Waals surface area (Å²) in [7, 11) is -4.16. The number of halogens is 2. The lowest BCUT2D eigenvalue weighted by atomic mass is 10.1. The van der Waals surface area contributed by atoms with Crippen LogP contribution in [0.1, 0.15) is 25.0 Å². The van der Waals surface area contributed by atoms with Crippen LogP contribution >= 0.6 is 23.2 Å². The lowest BCUT2D eigenvalue weighted by molar-refractivity contribution is -0.139. The van der Waals surface area contributed by atoms with Crippen LogP contribution in [-0.2, 0) is 26.2 Å². The van der Waals surface area contributed by atoms with Gasteiger partial charge in [0.25, 0.3) is 10.0 Å². The van der Waals surface area contributed by atoms with Crippen molar-refractivity contribution < 1.29 is 18.0 Å². The third-order valence-corrected chi connectivity index (χ3v) is 8.28. The van der Waals surface area contributed by atoms with E-state index in [1.165, 1.54) is 29.2 Å². The fourth-order valence-electron chi connectivity index (χ4n) is 3.81. The number of amides is 2. The number of benzene rings is 3. The molecule has 0 aliphatic rings. The van der Waals surface area contributed by atoms with Gasteiger partial charge in [0.05, 0.1) is 10.6 Å². The smallest absolute Gasteiger partial charge is 0.264 e. The van der Waals surface area contributed by atoms with Gasteiger partial charge in [0.2, 0.25) is 11.8 Å². The Bertz CT molecular complexity index is 1360. The number of rotatable bonds is 10. The highest BCUT2D eigenvalue weighted by Gasteiger charge is 2.33. The van der Waals surface area contributed by atoms with Gasteiger partial charge in [-0.05, 0) is 68.3 Å². The van der Waals surface area contributed by atoms with E-state index >= 15 is 0 Å². The minimum absolute atomic E-state index is 0.0117. The number of carbonyl (C=O) groups excluding carboxylic acids is 2. The van der Waals surface area contributed by atoms with E-state index in [0.29, 0.717) is 33.4 Å². The Labute approximate surface area is 228 Å². The fourth-order valence-corrected chi connectivity index (χ4v) is 5.61. The number of carbonyl (C=O) groups is 2. The Morgan fingerprint density at radius 2 is 1.57 bits per heavy atom. The van der Waals surface area contributed by atoms with Crippen molar-refractivity contribution in [2.45, 2.75) is 38.3 Å². The number of likely N-dealkylation sites (N-methyl/N-ethyl adjacent to an activating group) is 1. The first-order chi connectivity index (χ1) is 17.6. The SMILES string of the molecule is CCNC(=O)C(C)N(Cc1ccccc1Cl)C(=O)CN(c1ccccc1C)S(=O)(=O)c1ccc(Cl)cc1. The van der Waals surface area contributed by atoms with Crippen LogP contribution in [0.4, 0.5) is 5.69 Å². The average molecular weight is 563 g/mol. The molecule has 10 heteroatoms. The van der Waals surface area contributed by atoms with Gasteiger partial charge in [-0.3, -0.25) is 13.9 Å². The van der Waals surface area contributed by atoms with Crippen molar-refractivity contribution in [3.8, 4) is 0 Å². The molecule has 0 aliphatic carbocycles. The van der Waals surface area contributed by atoms with Gasteiger partial charge >= 0.3 is 0 Å². The maximum atomic E-state index is 13.8. The quantitative estimate of drug-likeness (QED) is 0.375. The maximum Gasteiger partial charge on any atom is 0.264 e. The lowest BCUT2D eigenvalue weighted by Crippen LogP contribution is -2.51. The van der Waals surface area contributed by atoms with Crippen LogP contribution in [0.2, 0.25) is 10.0 Å². The molecule has 1 atom stereocenters. The normalized spacial score (nSPS) is 12.0. The Kier molecular flexibility index (Phi) is 9.59. The van der Waals surface area contributed by atoms with Crippen LogP contribution in [-0.4, -0.2) is 44.3 Å². The third kappa shape index (κ3) is 6.83. The summed E-state index contributed by atoms with van der Waals surface area (Å²) < 4.78 is 28.6. The van der Waals surface area contributed by atoms with E-state index in [0.717, 1.165) is 4.31 Å². The molecule has 0 spiro atoms. The molecule has 2 amide bonds. The topological polar surface area (TPSA) is 86.8 Å². The van der Waals surface area contributed by atoms with Crippen molar-refractivity contribution in [1.82, 2.24) is 10.2 Å². The molecule has 0 heterocycles. The van der Waals surface area contributed by atoms with Crippen molar-refractivity contribution in [1.29, 1.82) is 0 Å². The van der Waals surface area contributed by atoms with Gasteiger partial charge in [-0.15, -0.1) is 0 Å². The first-order valence-electron chi connectivity index (χ1n) is 11.7. The van der Waals surface area contributed by atoms with Gasteiger partial charge in [0.15, 0.2) is 0 Å². The van der Waals surface area contributed by atoms with E-state index in [4.69, 9.17) is 23.2 Å². The molecular formula is C27H29Cl2N3O4S. The molecule has 0 saturated heterocycles. The maximum absolute atomic E-state index is 13.8. The highest BCUT2D eigenvalue weighted by atomic mass is 35.5. The zero-order chi connectivity index (χ0) is 27.2. The molecule has 7 nitrogen and oxygen atoms in total. The summed E-state index contributed by atoms with van der Waals surface area (Å²) in [4.78, 5) is 27.9. The third-order valence-electron chi connectivity index (χ3n) is 5.88. The fraction of sp³-hybridized carbons (Fsp3) is 0.259. The van der Waals surface area contributed by atoms with Crippen molar-refractivity contribution in [2.24, 2.45) is 0 Å². The van der Waals surface area contributed by atoms with Gasteiger partial charge in [0, 0.05) is 23.1 Å². The second-order valence-corrected chi connectivity index (χ2v) is 11.1. The highest BCUT2D eigenvalue weighted by molar-refractivity contribution is 7.92. The summed E-state index contributed by atoms with van der Waals surface area (Å²) in [6.07, 6.45) is 0. The van der Waals surface area contributed by atoms with Crippen molar-refractivity contribution >= 4 is 50.7 Å². The van der Waals surface area contributed by atoms with Gasteiger partial charge in [-0.25, -0.2) is 8.42 Å². The first kappa shape index (κ1) is 28.5. The summed E-state index contributed by atoms with van der Waals surface area (Å²) in [5.41, 5.74) is 1.66. The van der Waals surface area contributed by atoms with E-state index in [2.05, 4.69) is 5.32 Å². The van der Waals surface area contributed by atoms with Crippen LogP contribution in [0, 0.1) is 6.92 Å². The van der Waals surface area contributed by atoms with Crippen LogP contribution in [0.5, 0.6) is 0 Å². The van der Waals surface area contributed by atoms with E-state index < -0.39 is 28.5 Å². The number of aryl methyl sites for hydroxylation is 1. The summed E-state index contributed by atoms with van der Waals surface area (Å²) in [5.74, 6) is -0.912. The summed E-state index contributed by atoms with van der Waals surface area (Å²) >= 11 is 12.3. The first-order valence-corrected chi connectivity index (χ1v) is 13.9. The Morgan fingerprint density at radius 1 is 0.946 bits per heavy atom. The lowest BCUT2D eigenvalue weighted by Gasteiger charge is -2.32. The minimum atomic E-state index is -4.16. The van der Waals surface area contributed by atoms with Crippen LogP contribution in [0.15, 0.2) is 77.7 Å². The van der Waals surface area contributed by atoms with Gasteiger partial charge < -0.3 is 10.2 Å². The predicted molar refractivity (Wildman–Crippen MR) is 147 cm³/mol. The number of anilines is 1. The zero-order valence-corrected chi connectivity index (χ0v) is 23.1. The standard InChI is InChI=1S/C27H29Cl2N3O4S/c1-4-30-27(34)20(3)31(17-21-10-6-7-11-24(21)29)26(33)18-32(25-12-8-5-9-19(25)2)37(35,36)23-15-13-22(28)14-16-23/h5-16,20H,4,17-18H2,1-3H3,(H,30,34). The molecule has 0 aliphatic heterocycles. The van der Waals surface area contributed by atoms with Gasteiger partial charge in [-0.2, -0.15) is 0 Å². The monoisotopic (exact) mass is 561 g/mol. The Balaban J connectivity index is 2.05. The van der Waals surface area contributed by atoms with Gasteiger partial charge in [-0.1, -0.05) is 59.6 Å². The molecule has 3 aromatic carbocycles. The number of hydrogen-bond donors (Lipinski definition) is 1. The molecule has 0 saturated carbocycles. The number of para-hydroxylation sites is 1.